The maximum absolute atomic E-state index is 14.9. The van der Waals surface area contributed by atoms with Crippen molar-refractivity contribution >= 4 is 28.8 Å². The van der Waals surface area contributed by atoms with Crippen LogP contribution in [-0.4, -0.2) is 60.3 Å². The Hall–Kier alpha value is -2.65. The van der Waals surface area contributed by atoms with E-state index in [2.05, 4.69) is 4.99 Å². The Morgan fingerprint density at radius 1 is 1.29 bits per heavy atom. The number of hydrogen-bond donors (Lipinski definition) is 0. The van der Waals surface area contributed by atoms with Gasteiger partial charge >= 0.3 is 5.97 Å². The van der Waals surface area contributed by atoms with Crippen LogP contribution in [0.5, 0.6) is 0 Å². The van der Waals surface area contributed by atoms with Crippen LogP contribution in [0.25, 0.3) is 0 Å². The number of ether oxygens (including phenoxy) is 2. The third-order valence-electron chi connectivity index (χ3n) is 5.53. The zero-order valence-electron chi connectivity index (χ0n) is 17.5. The number of thioether (sulfide) groups is 1. The molecule has 1 saturated heterocycles. The summed E-state index contributed by atoms with van der Waals surface area (Å²) in [5.74, 6) is -1.02. The van der Waals surface area contributed by atoms with Gasteiger partial charge < -0.3 is 19.3 Å². The van der Waals surface area contributed by atoms with Crippen molar-refractivity contribution < 1.29 is 23.5 Å². The summed E-state index contributed by atoms with van der Waals surface area (Å²) in [6, 6.07) is 5.61. The van der Waals surface area contributed by atoms with Crippen LogP contribution in [0.4, 0.5) is 4.39 Å². The Morgan fingerprint density at radius 3 is 2.71 bits per heavy atom. The van der Waals surface area contributed by atoms with Gasteiger partial charge in [0.15, 0.2) is 5.17 Å². The minimum absolute atomic E-state index is 0.0337. The van der Waals surface area contributed by atoms with Crippen molar-refractivity contribution in [1.82, 2.24) is 9.80 Å². The Kier molecular flexibility index (Phi) is 6.43. The van der Waals surface area contributed by atoms with Gasteiger partial charge in [-0.25, -0.2) is 14.2 Å². The minimum atomic E-state index is -0.755. The van der Waals surface area contributed by atoms with E-state index in [1.165, 1.54) is 24.9 Å². The number of amidine groups is 1. The molecule has 0 aliphatic carbocycles. The van der Waals surface area contributed by atoms with E-state index < -0.39 is 17.8 Å². The third kappa shape index (κ3) is 4.12. The van der Waals surface area contributed by atoms with Gasteiger partial charge in [-0.2, -0.15) is 0 Å². The fourth-order valence-electron chi connectivity index (χ4n) is 3.98. The molecule has 9 heteroatoms. The summed E-state index contributed by atoms with van der Waals surface area (Å²) >= 11 is 1.38. The zero-order chi connectivity index (χ0) is 22.0. The fourth-order valence-corrected chi connectivity index (χ4v) is 4.92. The van der Waals surface area contributed by atoms with Gasteiger partial charge in [-0.05, 0) is 17.9 Å². The second kappa shape index (κ2) is 9.23. The number of rotatable bonds is 5. The molecule has 0 aromatic heterocycles. The predicted molar refractivity (Wildman–Crippen MR) is 115 cm³/mol. The number of nitrogens with zero attached hydrogens (tertiary/aromatic N) is 3. The van der Waals surface area contributed by atoms with E-state index in [9.17, 15) is 14.0 Å². The highest BCUT2D eigenvalue weighted by Gasteiger charge is 2.42. The van der Waals surface area contributed by atoms with Gasteiger partial charge in [0.05, 0.1) is 44.1 Å². The average molecular weight is 446 g/mol. The SMILES string of the molecule is CCC1=C(C(=O)OC)[C@@H](c2ccccc2F)N2C(CC(=O)N3CCOCC3)=CSC2=N1. The zero-order valence-corrected chi connectivity index (χ0v) is 18.3. The number of allylic oxidation sites excluding steroid dienone is 1. The molecule has 1 aromatic carbocycles. The quantitative estimate of drug-likeness (QED) is 0.648. The maximum Gasteiger partial charge on any atom is 0.338 e. The lowest BCUT2D eigenvalue weighted by Gasteiger charge is -2.37. The summed E-state index contributed by atoms with van der Waals surface area (Å²) in [6.45, 7) is 4.02. The average Bonchev–Trinajstić information content (AvgIpc) is 3.20. The van der Waals surface area contributed by atoms with Gasteiger partial charge in [0, 0.05) is 24.4 Å². The van der Waals surface area contributed by atoms with E-state index in [0.717, 1.165) is 0 Å². The molecule has 0 bridgehead atoms. The Labute approximate surface area is 184 Å². The topological polar surface area (TPSA) is 71.4 Å². The molecule has 0 unspecified atom stereocenters. The van der Waals surface area contributed by atoms with Crippen LogP contribution in [0.1, 0.15) is 31.4 Å². The van der Waals surface area contributed by atoms with E-state index in [0.29, 0.717) is 60.4 Å². The van der Waals surface area contributed by atoms with E-state index in [-0.39, 0.29) is 12.3 Å². The van der Waals surface area contributed by atoms with Crippen LogP contribution < -0.4 is 0 Å². The van der Waals surface area contributed by atoms with Gasteiger partial charge in [0.1, 0.15) is 5.82 Å². The van der Waals surface area contributed by atoms with Crippen molar-refractivity contribution in [2.45, 2.75) is 25.8 Å². The molecule has 0 N–H and O–H groups in total. The largest absolute Gasteiger partial charge is 0.466 e. The molecule has 1 fully saturated rings. The number of esters is 1. The van der Waals surface area contributed by atoms with Crippen LogP contribution >= 0.6 is 11.8 Å². The minimum Gasteiger partial charge on any atom is -0.466 e. The van der Waals surface area contributed by atoms with Crippen LogP contribution in [0, 0.1) is 5.82 Å². The molecule has 3 aliphatic heterocycles. The number of carbonyl (C=O) groups excluding carboxylic acids is 2. The lowest BCUT2D eigenvalue weighted by atomic mass is 9.92. The third-order valence-corrected chi connectivity index (χ3v) is 6.41. The molecule has 31 heavy (non-hydrogen) atoms. The van der Waals surface area contributed by atoms with E-state index in [1.807, 2.05) is 12.3 Å². The number of aliphatic imine (C=N–C) groups is 1. The molecule has 164 valence electrons. The number of fused-ring (bicyclic) bond motifs is 1. The molecular formula is C22H24FN3O4S. The normalized spacial score (nSPS) is 20.9. The Morgan fingerprint density at radius 2 is 2.03 bits per heavy atom. The molecule has 1 amide bonds. The highest BCUT2D eigenvalue weighted by molar-refractivity contribution is 8.16. The second-order valence-corrected chi connectivity index (χ2v) is 8.13. The smallest absolute Gasteiger partial charge is 0.338 e. The van der Waals surface area contributed by atoms with Crippen LogP contribution in [0.3, 0.4) is 0 Å². The van der Waals surface area contributed by atoms with Crippen LogP contribution in [-0.2, 0) is 19.1 Å². The first-order chi connectivity index (χ1) is 15.0. The molecule has 0 saturated carbocycles. The Balaban J connectivity index is 1.73. The van der Waals surface area contributed by atoms with E-state index in [1.54, 1.807) is 28.0 Å². The monoisotopic (exact) mass is 445 g/mol. The number of hydrogen-bond acceptors (Lipinski definition) is 7. The standard InChI is InChI=1S/C22H24FN3O4S/c1-3-17-19(21(28)29-2)20(15-6-4-5-7-16(15)23)26-14(13-31-22(26)24-17)12-18(27)25-8-10-30-11-9-25/h4-7,13,20H,3,8-12H2,1-2H3/t20-/m1/s1. The van der Waals surface area contributed by atoms with Gasteiger partial charge in [0.25, 0.3) is 0 Å². The van der Waals surface area contributed by atoms with Crippen molar-refractivity contribution in [3.8, 4) is 0 Å². The summed E-state index contributed by atoms with van der Waals surface area (Å²) in [5.41, 5.74) is 1.89. The first-order valence-corrected chi connectivity index (χ1v) is 11.1. The van der Waals surface area contributed by atoms with E-state index >= 15 is 0 Å². The number of morpholine rings is 1. The first-order valence-electron chi connectivity index (χ1n) is 10.2. The number of halogens is 1. The molecule has 3 heterocycles. The number of benzene rings is 1. The van der Waals surface area contributed by atoms with Crippen LogP contribution in [0.15, 0.2) is 51.6 Å². The fraction of sp³-hybridized carbons (Fsp3) is 0.409. The van der Waals surface area contributed by atoms with Crippen molar-refractivity contribution in [3.63, 3.8) is 0 Å². The molecule has 1 aromatic rings. The Bertz CT molecular complexity index is 985. The molecular weight excluding hydrogens is 421 g/mol. The molecule has 0 radical (unpaired) electrons. The second-order valence-electron chi connectivity index (χ2n) is 7.29. The van der Waals surface area contributed by atoms with Crippen molar-refractivity contribution in [3.05, 3.63) is 58.0 Å². The predicted octanol–water partition coefficient (Wildman–Crippen LogP) is 3.21. The number of methoxy groups -OCH3 is 1. The van der Waals surface area contributed by atoms with Crippen molar-refractivity contribution in [1.29, 1.82) is 0 Å². The molecule has 0 spiro atoms. The van der Waals surface area contributed by atoms with Crippen molar-refractivity contribution in [2.24, 2.45) is 4.99 Å². The maximum atomic E-state index is 14.9. The summed E-state index contributed by atoms with van der Waals surface area (Å²) in [7, 11) is 1.30. The summed E-state index contributed by atoms with van der Waals surface area (Å²) < 4.78 is 25.3. The van der Waals surface area contributed by atoms with Gasteiger partial charge in [-0.1, -0.05) is 36.9 Å². The summed E-state index contributed by atoms with van der Waals surface area (Å²) in [5, 5.41) is 2.49. The molecule has 1 atom stereocenters. The molecule has 3 aliphatic rings. The van der Waals surface area contributed by atoms with E-state index in [4.69, 9.17) is 9.47 Å². The summed E-state index contributed by atoms with van der Waals surface area (Å²) in [6.07, 6.45) is 0.627. The van der Waals surface area contributed by atoms with Crippen LogP contribution in [0.2, 0.25) is 0 Å². The molecule has 4 rings (SSSR count). The number of amides is 1. The molecule has 7 nitrogen and oxygen atoms in total. The highest BCUT2D eigenvalue weighted by atomic mass is 32.2. The van der Waals surface area contributed by atoms with Gasteiger partial charge in [-0.15, -0.1) is 0 Å². The lowest BCUT2D eigenvalue weighted by Crippen LogP contribution is -2.42. The van der Waals surface area contributed by atoms with Gasteiger partial charge in [-0.3, -0.25) is 4.79 Å². The van der Waals surface area contributed by atoms with Crippen molar-refractivity contribution in [2.75, 3.05) is 33.4 Å². The first kappa shape index (κ1) is 21.6. The lowest BCUT2D eigenvalue weighted by molar-refractivity contribution is -0.136. The van der Waals surface area contributed by atoms with Gasteiger partial charge in [0.2, 0.25) is 5.91 Å². The number of carbonyl (C=O) groups is 2. The summed E-state index contributed by atoms with van der Waals surface area (Å²) in [4.78, 5) is 33.9. The highest BCUT2D eigenvalue weighted by Crippen LogP contribution is 2.46.